The van der Waals surface area contributed by atoms with E-state index in [9.17, 15) is 14.7 Å². The predicted octanol–water partition coefficient (Wildman–Crippen LogP) is 2.25. The summed E-state index contributed by atoms with van der Waals surface area (Å²) >= 11 is 0. The maximum absolute atomic E-state index is 13.1. The van der Waals surface area contributed by atoms with Gasteiger partial charge in [-0.2, -0.15) is 5.10 Å². The Labute approximate surface area is 235 Å². The SMILES string of the molecule is COC(=O)c1n[nH]c2ccc(NC[C@@]3(O)[C@]45O[C@H]4C[C@H]4C6=C(CC[C@]4(C)[C@@]54O[C@H]4[C@@H]4O[C@@]43C(C)C)C(=O)OC6)cc12. The Bertz CT molecular complexity index is 1620. The molecule has 5 fully saturated rings. The minimum absolute atomic E-state index is 0.00931. The van der Waals surface area contributed by atoms with Crippen molar-refractivity contribution < 1.29 is 38.4 Å². The number of ether oxygens (including phenoxy) is 5. The molecule has 0 amide bonds. The number of aromatic nitrogens is 2. The van der Waals surface area contributed by atoms with E-state index < -0.39 is 28.4 Å². The van der Waals surface area contributed by atoms with Crippen LogP contribution in [0.2, 0.25) is 0 Å². The van der Waals surface area contributed by atoms with Gasteiger partial charge in [0.05, 0.1) is 18.7 Å². The number of carbonyl (C=O) groups excluding carboxylic acids is 2. The number of aromatic amines is 1. The third-order valence-corrected chi connectivity index (χ3v) is 11.9. The van der Waals surface area contributed by atoms with Crippen molar-refractivity contribution in [2.75, 3.05) is 25.6 Å². The lowest BCUT2D eigenvalue weighted by molar-refractivity contribution is -0.159. The molecular weight excluding hydrogens is 530 g/mol. The Morgan fingerprint density at radius 1 is 1.24 bits per heavy atom. The van der Waals surface area contributed by atoms with Crippen molar-refractivity contribution in [1.82, 2.24) is 10.2 Å². The number of nitrogens with zero attached hydrogens (tertiary/aromatic N) is 1. The fraction of sp³-hybridized carbons (Fsp3) is 0.633. The Kier molecular flexibility index (Phi) is 4.28. The Hall–Kier alpha value is -2.99. The van der Waals surface area contributed by atoms with Gasteiger partial charge in [0.2, 0.25) is 0 Å². The van der Waals surface area contributed by atoms with Crippen molar-refractivity contribution in [2.45, 2.75) is 80.7 Å². The van der Waals surface area contributed by atoms with Crippen LogP contribution in [0.5, 0.6) is 0 Å². The first-order chi connectivity index (χ1) is 19.6. The maximum atomic E-state index is 13.1. The van der Waals surface area contributed by atoms with E-state index in [1.807, 2.05) is 18.2 Å². The number of anilines is 1. The molecule has 9 atom stereocenters. The molecular formula is C30H33N3O8. The van der Waals surface area contributed by atoms with Gasteiger partial charge in [-0.1, -0.05) is 20.8 Å². The van der Waals surface area contributed by atoms with Gasteiger partial charge in [-0.3, -0.25) is 5.10 Å². The zero-order chi connectivity index (χ0) is 28.3. The van der Waals surface area contributed by atoms with Gasteiger partial charge in [0.15, 0.2) is 11.3 Å². The van der Waals surface area contributed by atoms with Crippen molar-refractivity contribution in [3.05, 3.63) is 35.0 Å². The number of epoxide rings is 3. The molecule has 11 nitrogen and oxygen atoms in total. The molecule has 41 heavy (non-hydrogen) atoms. The summed E-state index contributed by atoms with van der Waals surface area (Å²) in [5.74, 6) is -0.620. The lowest BCUT2D eigenvalue weighted by Gasteiger charge is -2.56. The second-order valence-electron chi connectivity index (χ2n) is 13.4. The van der Waals surface area contributed by atoms with Gasteiger partial charge < -0.3 is 34.1 Å². The standard InChI is InChI=1S/C30H33N3O8/c1-13(2)28-22(40-28)23-30(41-23)26(3)8-7-15-17(11-38-24(15)34)18(26)10-20-29(30,39-20)27(28,36)12-31-14-5-6-19-16(9-14)21(33-32-19)25(35)37-4/h5-6,9,13,18,20,22-23,31,36H,7-8,10-12H2,1-4H3,(H,32,33)/t18-,20-,22-,23-,26-,27-,28-,29+,30+/m0/s1. The molecule has 5 heterocycles. The topological polar surface area (TPSA) is 151 Å². The smallest absolute Gasteiger partial charge is 0.359 e. The summed E-state index contributed by atoms with van der Waals surface area (Å²) in [6.07, 6.45) is 1.45. The van der Waals surface area contributed by atoms with Crippen LogP contribution in [0, 0.1) is 17.3 Å². The summed E-state index contributed by atoms with van der Waals surface area (Å²) in [6, 6.07) is 5.57. The molecule has 3 N–H and O–H groups in total. The Balaban J connectivity index is 1.12. The van der Waals surface area contributed by atoms with Crippen LogP contribution >= 0.6 is 0 Å². The van der Waals surface area contributed by atoms with Gasteiger partial charge in [0, 0.05) is 28.6 Å². The largest absolute Gasteiger partial charge is 0.464 e. The highest BCUT2D eigenvalue weighted by Crippen LogP contribution is 2.85. The van der Waals surface area contributed by atoms with Crippen molar-refractivity contribution in [3.63, 3.8) is 0 Å². The zero-order valence-corrected chi connectivity index (χ0v) is 23.4. The van der Waals surface area contributed by atoms with Crippen LogP contribution in [0.15, 0.2) is 29.3 Å². The van der Waals surface area contributed by atoms with Crippen molar-refractivity contribution in [1.29, 1.82) is 0 Å². The van der Waals surface area contributed by atoms with Gasteiger partial charge in [-0.25, -0.2) is 9.59 Å². The minimum atomic E-state index is -1.41. The van der Waals surface area contributed by atoms with Crippen LogP contribution in [0.4, 0.5) is 5.69 Å². The number of carbonyl (C=O) groups is 2. The highest BCUT2D eigenvalue weighted by Gasteiger charge is 3.04. The summed E-state index contributed by atoms with van der Waals surface area (Å²) in [5, 5.41) is 24.2. The number of rotatable bonds is 5. The molecule has 3 aliphatic carbocycles. The number of esters is 2. The highest BCUT2D eigenvalue weighted by atomic mass is 16.7. The van der Waals surface area contributed by atoms with E-state index in [0.717, 1.165) is 23.3 Å². The van der Waals surface area contributed by atoms with E-state index in [1.165, 1.54) is 7.11 Å². The highest BCUT2D eigenvalue weighted by molar-refractivity contribution is 6.02. The molecule has 2 aromatic rings. The lowest BCUT2D eigenvalue weighted by Crippen LogP contribution is -2.77. The van der Waals surface area contributed by atoms with E-state index in [-0.39, 0.29) is 53.8 Å². The number of H-pyrrole nitrogens is 1. The van der Waals surface area contributed by atoms with Gasteiger partial charge in [0.25, 0.3) is 0 Å². The summed E-state index contributed by atoms with van der Waals surface area (Å²) in [7, 11) is 1.33. The van der Waals surface area contributed by atoms with Gasteiger partial charge >= 0.3 is 11.9 Å². The van der Waals surface area contributed by atoms with Crippen LogP contribution in [0.1, 0.15) is 50.5 Å². The molecule has 2 spiro atoms. The van der Waals surface area contributed by atoms with E-state index in [1.54, 1.807) is 0 Å². The predicted molar refractivity (Wildman–Crippen MR) is 142 cm³/mol. The van der Waals surface area contributed by atoms with Crippen LogP contribution in [0.25, 0.3) is 10.9 Å². The van der Waals surface area contributed by atoms with Gasteiger partial charge in [-0.05, 0) is 54.9 Å². The van der Waals surface area contributed by atoms with E-state index in [4.69, 9.17) is 23.7 Å². The summed E-state index contributed by atoms with van der Waals surface area (Å²) in [5.41, 5.74) is -0.694. The molecule has 4 aliphatic heterocycles. The van der Waals surface area contributed by atoms with Crippen LogP contribution in [-0.2, 0) is 28.5 Å². The van der Waals surface area contributed by atoms with E-state index in [0.29, 0.717) is 30.4 Å². The second-order valence-corrected chi connectivity index (χ2v) is 13.4. The monoisotopic (exact) mass is 563 g/mol. The lowest BCUT2D eigenvalue weighted by atomic mass is 9.44. The third kappa shape index (κ3) is 2.42. The van der Waals surface area contributed by atoms with Crippen molar-refractivity contribution in [3.8, 4) is 0 Å². The normalized spacial score (nSPS) is 46.0. The molecule has 2 saturated carbocycles. The summed E-state index contributed by atoms with van der Waals surface area (Å²) in [4.78, 5) is 24.7. The molecule has 0 radical (unpaired) electrons. The first-order valence-electron chi connectivity index (χ1n) is 14.5. The molecule has 216 valence electrons. The summed E-state index contributed by atoms with van der Waals surface area (Å²) in [6.45, 7) is 6.93. The summed E-state index contributed by atoms with van der Waals surface area (Å²) < 4.78 is 30.4. The number of hydrogen-bond acceptors (Lipinski definition) is 10. The molecule has 1 aromatic carbocycles. The average Bonchev–Trinajstić information content (AvgIpc) is 3.89. The van der Waals surface area contributed by atoms with Crippen molar-refractivity contribution in [2.24, 2.45) is 17.3 Å². The second kappa shape index (κ2) is 7.14. The number of methoxy groups -OCH3 is 1. The van der Waals surface area contributed by atoms with Crippen molar-refractivity contribution >= 4 is 28.5 Å². The zero-order valence-electron chi connectivity index (χ0n) is 23.4. The quantitative estimate of drug-likeness (QED) is 0.365. The Morgan fingerprint density at radius 2 is 2.07 bits per heavy atom. The molecule has 7 aliphatic rings. The number of cyclic esters (lactones) is 1. The Morgan fingerprint density at radius 3 is 2.85 bits per heavy atom. The molecule has 11 heteroatoms. The third-order valence-electron chi connectivity index (χ3n) is 11.9. The molecule has 3 saturated heterocycles. The fourth-order valence-electron chi connectivity index (χ4n) is 9.96. The number of nitrogens with one attached hydrogen (secondary N) is 2. The number of hydrogen-bond donors (Lipinski definition) is 3. The van der Waals surface area contributed by atoms with Gasteiger partial charge in [-0.15, -0.1) is 0 Å². The number of aliphatic hydroxyl groups is 1. The minimum Gasteiger partial charge on any atom is -0.464 e. The fourth-order valence-corrected chi connectivity index (χ4v) is 9.96. The van der Waals surface area contributed by atoms with Gasteiger partial charge in [0.1, 0.15) is 35.6 Å². The van der Waals surface area contributed by atoms with E-state index in [2.05, 4.69) is 36.3 Å². The molecule has 0 bridgehead atoms. The molecule has 1 aromatic heterocycles. The first-order valence-corrected chi connectivity index (χ1v) is 14.5. The number of fused-ring (bicyclic) bond motifs is 5. The van der Waals surface area contributed by atoms with E-state index >= 15 is 0 Å². The van der Waals surface area contributed by atoms with Crippen LogP contribution in [-0.4, -0.2) is 88.2 Å². The van der Waals surface area contributed by atoms with Crippen LogP contribution < -0.4 is 5.32 Å². The molecule has 9 rings (SSSR count). The van der Waals surface area contributed by atoms with Crippen LogP contribution in [0.3, 0.4) is 0 Å². The maximum Gasteiger partial charge on any atom is 0.359 e. The number of benzene rings is 1. The first kappa shape index (κ1) is 24.6. The average molecular weight is 564 g/mol. The molecule has 0 unspecified atom stereocenters.